The summed E-state index contributed by atoms with van der Waals surface area (Å²) in [6, 6.07) is 5.72. The summed E-state index contributed by atoms with van der Waals surface area (Å²) in [6.45, 7) is 1.72. The minimum absolute atomic E-state index is 0.0804. The molecule has 0 aliphatic heterocycles. The number of sulfonamides is 1. The number of nitrogens with two attached hydrogens (primary N) is 1. The van der Waals surface area contributed by atoms with Crippen LogP contribution in [-0.4, -0.2) is 25.4 Å². The van der Waals surface area contributed by atoms with Crippen molar-refractivity contribution >= 4 is 38.9 Å². The van der Waals surface area contributed by atoms with Crippen molar-refractivity contribution in [2.75, 3.05) is 5.32 Å². The van der Waals surface area contributed by atoms with Gasteiger partial charge >= 0.3 is 5.97 Å². The lowest BCUT2D eigenvalue weighted by molar-refractivity contribution is 0.0698. The Hall–Kier alpha value is -2.23. The van der Waals surface area contributed by atoms with E-state index in [9.17, 15) is 18.0 Å². The molecule has 1 aromatic heterocycles. The van der Waals surface area contributed by atoms with Gasteiger partial charge in [-0.25, -0.2) is 18.4 Å². The smallest absolute Gasteiger partial charge is 0.337 e. The Balaban J connectivity index is 2.39. The first kappa shape index (κ1) is 16.1. The minimum Gasteiger partial charge on any atom is -0.478 e. The number of primary sulfonamides is 1. The van der Waals surface area contributed by atoms with Crippen LogP contribution in [0.4, 0.5) is 5.69 Å². The Morgan fingerprint density at radius 3 is 2.55 bits per heavy atom. The van der Waals surface area contributed by atoms with Crippen molar-refractivity contribution in [2.24, 2.45) is 5.14 Å². The maximum absolute atomic E-state index is 12.2. The van der Waals surface area contributed by atoms with Crippen LogP contribution >= 0.6 is 11.3 Å². The van der Waals surface area contributed by atoms with E-state index >= 15 is 0 Å². The highest BCUT2D eigenvalue weighted by Gasteiger charge is 2.22. The fraction of sp³-hybridized carbons (Fsp3) is 0.0769. The summed E-state index contributed by atoms with van der Waals surface area (Å²) in [4.78, 5) is 23.0. The number of hydrogen-bond donors (Lipinski definition) is 3. The summed E-state index contributed by atoms with van der Waals surface area (Å²) >= 11 is 0.903. The lowest BCUT2D eigenvalue weighted by atomic mass is 10.1. The van der Waals surface area contributed by atoms with Crippen LogP contribution in [0.25, 0.3) is 0 Å². The number of benzene rings is 1. The largest absolute Gasteiger partial charge is 0.478 e. The van der Waals surface area contributed by atoms with Gasteiger partial charge in [0.15, 0.2) is 0 Å². The molecule has 0 bridgehead atoms. The van der Waals surface area contributed by atoms with E-state index in [4.69, 9.17) is 10.2 Å². The fourth-order valence-corrected chi connectivity index (χ4v) is 3.68. The molecular formula is C13H12N2O5S2. The molecule has 0 aliphatic rings. The molecule has 0 spiro atoms. The molecule has 4 N–H and O–H groups in total. The van der Waals surface area contributed by atoms with Gasteiger partial charge in [-0.15, -0.1) is 11.3 Å². The Bertz CT molecular complexity index is 855. The van der Waals surface area contributed by atoms with Crippen LogP contribution in [-0.2, 0) is 10.0 Å². The molecule has 0 fully saturated rings. The Labute approximate surface area is 130 Å². The SMILES string of the molecule is Cc1ccc(NC(=O)c2sccc2S(N)(=O)=O)c(C(=O)O)c1. The van der Waals surface area contributed by atoms with Gasteiger partial charge in [-0.1, -0.05) is 11.6 Å². The molecule has 0 aliphatic carbocycles. The summed E-state index contributed by atoms with van der Waals surface area (Å²) in [5.41, 5.74) is 0.718. The van der Waals surface area contributed by atoms with Gasteiger partial charge in [0, 0.05) is 0 Å². The number of carboxylic acid groups (broad SMARTS) is 1. The summed E-state index contributed by atoms with van der Waals surface area (Å²) in [5, 5.41) is 18.0. The number of aryl methyl sites for hydroxylation is 1. The Morgan fingerprint density at radius 1 is 1.27 bits per heavy atom. The van der Waals surface area contributed by atoms with Gasteiger partial charge in [0.05, 0.1) is 11.3 Å². The van der Waals surface area contributed by atoms with Gasteiger partial charge in [0.2, 0.25) is 10.0 Å². The normalized spacial score (nSPS) is 11.2. The Morgan fingerprint density at radius 2 is 1.95 bits per heavy atom. The lowest BCUT2D eigenvalue weighted by Crippen LogP contribution is -2.19. The molecule has 116 valence electrons. The highest BCUT2D eigenvalue weighted by molar-refractivity contribution is 7.89. The van der Waals surface area contributed by atoms with Crippen LogP contribution in [0.3, 0.4) is 0 Å². The number of nitrogens with one attached hydrogen (secondary N) is 1. The molecule has 1 aromatic carbocycles. The summed E-state index contributed by atoms with van der Waals surface area (Å²) in [7, 11) is -4.03. The molecule has 0 radical (unpaired) electrons. The number of anilines is 1. The van der Waals surface area contributed by atoms with E-state index in [0.29, 0.717) is 0 Å². The molecule has 2 aromatic rings. The summed E-state index contributed by atoms with van der Waals surface area (Å²) in [6.07, 6.45) is 0. The topological polar surface area (TPSA) is 127 Å². The number of rotatable bonds is 4. The minimum atomic E-state index is -4.03. The molecule has 2 rings (SSSR count). The standard InChI is InChI=1S/C13H12N2O5S2/c1-7-2-3-9(8(6-7)13(17)18)15-12(16)11-10(4-5-21-11)22(14,19)20/h2-6H,1H3,(H,15,16)(H,17,18)(H2,14,19,20). The van der Waals surface area contributed by atoms with Crippen molar-refractivity contribution in [3.63, 3.8) is 0 Å². The second-order valence-corrected chi connectivity index (χ2v) is 6.91. The zero-order chi connectivity index (χ0) is 16.5. The van der Waals surface area contributed by atoms with E-state index in [0.717, 1.165) is 16.9 Å². The second-order valence-electron chi connectivity index (χ2n) is 4.47. The predicted molar refractivity (Wildman–Crippen MR) is 81.8 cm³/mol. The third-order valence-corrected chi connectivity index (χ3v) is 4.79. The van der Waals surface area contributed by atoms with Gasteiger partial charge in [-0.2, -0.15) is 0 Å². The van der Waals surface area contributed by atoms with E-state index in [1.165, 1.54) is 23.6 Å². The number of carbonyl (C=O) groups excluding carboxylic acids is 1. The van der Waals surface area contributed by atoms with Crippen LogP contribution < -0.4 is 10.5 Å². The first-order chi connectivity index (χ1) is 10.2. The summed E-state index contributed by atoms with van der Waals surface area (Å²) < 4.78 is 22.8. The number of carboxylic acids is 1. The highest BCUT2D eigenvalue weighted by Crippen LogP contribution is 2.24. The molecule has 7 nitrogen and oxygen atoms in total. The van der Waals surface area contributed by atoms with E-state index in [1.54, 1.807) is 13.0 Å². The lowest BCUT2D eigenvalue weighted by Gasteiger charge is -2.09. The first-order valence-corrected chi connectivity index (χ1v) is 8.38. The number of amides is 1. The van der Waals surface area contributed by atoms with Gasteiger partial charge in [-0.05, 0) is 30.5 Å². The maximum Gasteiger partial charge on any atom is 0.337 e. The molecule has 0 saturated carbocycles. The number of aromatic carboxylic acids is 1. The van der Waals surface area contributed by atoms with Crippen LogP contribution in [0.5, 0.6) is 0 Å². The first-order valence-electron chi connectivity index (χ1n) is 5.95. The second kappa shape index (κ2) is 5.87. The molecule has 1 heterocycles. The van der Waals surface area contributed by atoms with E-state index in [1.807, 2.05) is 0 Å². The number of carbonyl (C=O) groups is 2. The zero-order valence-corrected chi connectivity index (χ0v) is 13.0. The highest BCUT2D eigenvalue weighted by atomic mass is 32.2. The van der Waals surface area contributed by atoms with E-state index in [2.05, 4.69) is 5.32 Å². The van der Waals surface area contributed by atoms with Gasteiger partial charge in [-0.3, -0.25) is 4.79 Å². The maximum atomic E-state index is 12.2. The third kappa shape index (κ3) is 3.32. The van der Waals surface area contributed by atoms with Crippen molar-refractivity contribution < 1.29 is 23.1 Å². The molecule has 0 saturated heterocycles. The van der Waals surface area contributed by atoms with Crippen molar-refractivity contribution in [3.8, 4) is 0 Å². The van der Waals surface area contributed by atoms with Crippen LogP contribution in [0.2, 0.25) is 0 Å². The number of hydrogen-bond acceptors (Lipinski definition) is 5. The molecule has 9 heteroatoms. The molecule has 1 amide bonds. The monoisotopic (exact) mass is 340 g/mol. The van der Waals surface area contributed by atoms with E-state index < -0.39 is 21.9 Å². The number of thiophene rings is 1. The van der Waals surface area contributed by atoms with Crippen molar-refractivity contribution in [3.05, 3.63) is 45.6 Å². The molecule has 0 unspecified atom stereocenters. The van der Waals surface area contributed by atoms with Crippen molar-refractivity contribution in [2.45, 2.75) is 11.8 Å². The van der Waals surface area contributed by atoms with Crippen LogP contribution in [0.15, 0.2) is 34.5 Å². The van der Waals surface area contributed by atoms with Gasteiger partial charge in [0.25, 0.3) is 5.91 Å². The zero-order valence-electron chi connectivity index (χ0n) is 11.4. The predicted octanol–water partition coefficient (Wildman–Crippen LogP) is 1.65. The molecular weight excluding hydrogens is 328 g/mol. The quantitative estimate of drug-likeness (QED) is 0.780. The van der Waals surface area contributed by atoms with Gasteiger partial charge < -0.3 is 10.4 Å². The summed E-state index contributed by atoms with van der Waals surface area (Å²) in [5.74, 6) is -1.93. The fourth-order valence-electron chi connectivity index (χ4n) is 1.81. The van der Waals surface area contributed by atoms with Gasteiger partial charge in [0.1, 0.15) is 9.77 Å². The molecule has 0 atom stereocenters. The van der Waals surface area contributed by atoms with Crippen molar-refractivity contribution in [1.82, 2.24) is 0 Å². The van der Waals surface area contributed by atoms with E-state index in [-0.39, 0.29) is 21.0 Å². The third-order valence-electron chi connectivity index (χ3n) is 2.80. The van der Waals surface area contributed by atoms with Crippen LogP contribution in [0.1, 0.15) is 25.6 Å². The average Bonchev–Trinajstić information content (AvgIpc) is 2.89. The van der Waals surface area contributed by atoms with Crippen LogP contribution in [0, 0.1) is 6.92 Å². The van der Waals surface area contributed by atoms with Crippen molar-refractivity contribution in [1.29, 1.82) is 0 Å². The average molecular weight is 340 g/mol. The molecule has 22 heavy (non-hydrogen) atoms. The Kier molecular flexibility index (Phi) is 4.31.